The molecule has 2 amide bonds. The highest BCUT2D eigenvalue weighted by molar-refractivity contribution is 7.10. The van der Waals surface area contributed by atoms with Gasteiger partial charge in [0.15, 0.2) is 0 Å². The maximum Gasteiger partial charge on any atom is 0.337 e. The molecule has 1 aromatic heterocycles. The number of carbonyl (C=O) groups is 3. The fourth-order valence-electron chi connectivity index (χ4n) is 5.09. The zero-order chi connectivity index (χ0) is 26.9. The number of hydrogen-bond acceptors (Lipinski definition) is 6. The van der Waals surface area contributed by atoms with Crippen molar-refractivity contribution in [1.29, 1.82) is 0 Å². The predicted molar refractivity (Wildman–Crippen MR) is 154 cm³/mol. The molecule has 0 atom stereocenters. The van der Waals surface area contributed by atoms with Crippen molar-refractivity contribution < 1.29 is 19.1 Å². The van der Waals surface area contributed by atoms with Gasteiger partial charge in [0, 0.05) is 28.4 Å². The Balaban J connectivity index is 1.35. The summed E-state index contributed by atoms with van der Waals surface area (Å²) in [4.78, 5) is 41.2. The fraction of sp³-hybridized carbons (Fsp3) is 0.129. The van der Waals surface area contributed by atoms with Gasteiger partial charge in [0.25, 0.3) is 5.91 Å². The molecule has 0 radical (unpaired) electrons. The average molecular weight is 536 g/mol. The summed E-state index contributed by atoms with van der Waals surface area (Å²) >= 11 is 1.59. The van der Waals surface area contributed by atoms with E-state index in [-0.39, 0.29) is 11.8 Å². The Labute approximate surface area is 229 Å². The molecule has 2 aliphatic heterocycles. The van der Waals surface area contributed by atoms with Crippen molar-refractivity contribution in [3.8, 4) is 0 Å². The number of esters is 1. The van der Waals surface area contributed by atoms with Gasteiger partial charge in [0.2, 0.25) is 5.91 Å². The Hall–Kier alpha value is -4.69. The van der Waals surface area contributed by atoms with E-state index in [1.165, 1.54) is 7.11 Å². The van der Waals surface area contributed by atoms with Crippen LogP contribution in [0.15, 0.2) is 84.2 Å². The molecular weight excluding hydrogens is 510 g/mol. The van der Waals surface area contributed by atoms with Crippen molar-refractivity contribution in [2.75, 3.05) is 29.2 Å². The second-order valence-electron chi connectivity index (χ2n) is 9.34. The molecule has 0 aliphatic carbocycles. The highest BCUT2D eigenvalue weighted by atomic mass is 32.1. The Morgan fingerprint density at radius 1 is 1.00 bits per heavy atom. The van der Waals surface area contributed by atoms with Crippen LogP contribution in [-0.2, 0) is 27.2 Å². The SMILES string of the molecule is COC(=O)c1ccc2c(c1)NC(=O)/C2=C(\Nc1ccc2c(c1)CCN2C(=O)Cc1cccs1)c1ccccc1. The summed E-state index contributed by atoms with van der Waals surface area (Å²) in [5.74, 6) is -0.633. The zero-order valence-corrected chi connectivity index (χ0v) is 22.0. The molecule has 0 spiro atoms. The van der Waals surface area contributed by atoms with Crippen LogP contribution in [0.3, 0.4) is 0 Å². The summed E-state index contributed by atoms with van der Waals surface area (Å²) in [6.07, 6.45) is 1.16. The number of hydrogen-bond donors (Lipinski definition) is 2. The fourth-order valence-corrected chi connectivity index (χ4v) is 5.79. The van der Waals surface area contributed by atoms with Crippen LogP contribution in [0.2, 0.25) is 0 Å². The Bertz CT molecular complexity index is 1630. The van der Waals surface area contributed by atoms with E-state index in [2.05, 4.69) is 10.6 Å². The number of rotatable bonds is 6. The largest absolute Gasteiger partial charge is 0.465 e. The zero-order valence-electron chi connectivity index (χ0n) is 21.2. The predicted octanol–water partition coefficient (Wildman–Crippen LogP) is 5.60. The maximum absolute atomic E-state index is 13.3. The standard InChI is InChI=1S/C31H25N3O4S/c1-38-31(37)21-9-11-24-25(17-21)33-30(36)28(24)29(19-6-3-2-4-7-19)32-22-10-12-26-20(16-22)13-14-34(26)27(35)18-23-8-5-15-39-23/h2-12,15-17,32H,13-14,18H2,1H3,(H,33,36)/b29-28-. The molecule has 0 bridgehead atoms. The van der Waals surface area contributed by atoms with E-state index >= 15 is 0 Å². The van der Waals surface area contributed by atoms with Crippen LogP contribution in [0.5, 0.6) is 0 Å². The molecule has 3 aromatic carbocycles. The van der Waals surface area contributed by atoms with Crippen LogP contribution < -0.4 is 15.5 Å². The number of carbonyl (C=O) groups excluding carboxylic acids is 3. The monoisotopic (exact) mass is 535 g/mol. The number of nitrogens with zero attached hydrogens (tertiary/aromatic N) is 1. The van der Waals surface area contributed by atoms with Gasteiger partial charge in [-0.15, -0.1) is 11.3 Å². The highest BCUT2D eigenvalue weighted by Crippen LogP contribution is 2.39. The van der Waals surface area contributed by atoms with Crippen LogP contribution in [-0.4, -0.2) is 31.4 Å². The average Bonchev–Trinajstić information content (AvgIpc) is 3.69. The van der Waals surface area contributed by atoms with Gasteiger partial charge in [-0.2, -0.15) is 0 Å². The number of ether oxygens (including phenoxy) is 1. The van der Waals surface area contributed by atoms with Crippen LogP contribution in [0, 0.1) is 0 Å². The minimum atomic E-state index is -0.466. The summed E-state index contributed by atoms with van der Waals surface area (Å²) in [6, 6.07) is 24.6. The molecule has 0 fully saturated rings. The van der Waals surface area contributed by atoms with Gasteiger partial charge in [0.05, 0.1) is 36.1 Å². The normalized spacial score (nSPS) is 14.9. The van der Waals surface area contributed by atoms with Crippen LogP contribution >= 0.6 is 11.3 Å². The number of anilines is 3. The van der Waals surface area contributed by atoms with Crippen molar-refractivity contribution in [1.82, 2.24) is 0 Å². The molecule has 7 nitrogen and oxygen atoms in total. The number of fused-ring (bicyclic) bond motifs is 2. The quantitative estimate of drug-likeness (QED) is 0.248. The van der Waals surface area contributed by atoms with E-state index in [0.717, 1.165) is 33.8 Å². The van der Waals surface area contributed by atoms with E-state index in [4.69, 9.17) is 4.74 Å². The van der Waals surface area contributed by atoms with E-state index in [1.54, 1.807) is 29.5 Å². The lowest BCUT2D eigenvalue weighted by atomic mass is 9.99. The summed E-state index contributed by atoms with van der Waals surface area (Å²) in [5.41, 5.74) is 6.44. The van der Waals surface area contributed by atoms with Crippen LogP contribution in [0.25, 0.3) is 11.3 Å². The lowest BCUT2D eigenvalue weighted by Gasteiger charge is -2.18. The molecule has 0 saturated carbocycles. The number of methoxy groups -OCH3 is 1. The smallest absolute Gasteiger partial charge is 0.337 e. The third-order valence-electron chi connectivity index (χ3n) is 6.95. The maximum atomic E-state index is 13.3. The summed E-state index contributed by atoms with van der Waals surface area (Å²) in [5, 5.41) is 8.37. The minimum Gasteiger partial charge on any atom is -0.465 e. The topological polar surface area (TPSA) is 87.7 Å². The summed E-state index contributed by atoms with van der Waals surface area (Å²) < 4.78 is 4.83. The first-order valence-corrected chi connectivity index (χ1v) is 13.5. The molecule has 8 heteroatoms. The molecule has 39 heavy (non-hydrogen) atoms. The van der Waals surface area contributed by atoms with E-state index in [1.807, 2.05) is 70.9 Å². The number of thiophene rings is 1. The van der Waals surface area contributed by atoms with Crippen molar-refractivity contribution in [3.63, 3.8) is 0 Å². The Morgan fingerprint density at radius 2 is 1.85 bits per heavy atom. The van der Waals surface area contributed by atoms with Crippen molar-refractivity contribution >= 4 is 57.5 Å². The highest BCUT2D eigenvalue weighted by Gasteiger charge is 2.30. The van der Waals surface area contributed by atoms with Gasteiger partial charge in [-0.3, -0.25) is 9.59 Å². The molecular formula is C31H25N3O4S. The number of amides is 2. The third kappa shape index (κ3) is 4.70. The molecule has 2 N–H and O–H groups in total. The Morgan fingerprint density at radius 3 is 2.62 bits per heavy atom. The second kappa shape index (κ2) is 10.2. The van der Waals surface area contributed by atoms with Gasteiger partial charge >= 0.3 is 5.97 Å². The van der Waals surface area contributed by atoms with Crippen LogP contribution in [0.1, 0.15) is 31.9 Å². The number of nitrogens with one attached hydrogen (secondary N) is 2. The van der Waals surface area contributed by atoms with Crippen molar-refractivity contribution in [2.24, 2.45) is 0 Å². The van der Waals surface area contributed by atoms with Gasteiger partial charge in [-0.1, -0.05) is 42.5 Å². The molecule has 4 aromatic rings. The third-order valence-corrected chi connectivity index (χ3v) is 7.83. The first kappa shape index (κ1) is 24.6. The lowest BCUT2D eigenvalue weighted by molar-refractivity contribution is -0.117. The van der Waals surface area contributed by atoms with Gasteiger partial charge < -0.3 is 20.3 Å². The van der Waals surface area contributed by atoms with E-state index in [0.29, 0.717) is 41.1 Å². The lowest BCUT2D eigenvalue weighted by Crippen LogP contribution is -2.30. The summed E-state index contributed by atoms with van der Waals surface area (Å²) in [7, 11) is 1.33. The molecule has 0 saturated heterocycles. The Kier molecular flexibility index (Phi) is 6.46. The molecule has 3 heterocycles. The minimum absolute atomic E-state index is 0.0922. The van der Waals surface area contributed by atoms with Crippen molar-refractivity contribution in [2.45, 2.75) is 12.8 Å². The first-order valence-electron chi connectivity index (χ1n) is 12.6. The molecule has 194 valence electrons. The van der Waals surface area contributed by atoms with Crippen molar-refractivity contribution in [3.05, 3.63) is 111 Å². The van der Waals surface area contributed by atoms with E-state index in [9.17, 15) is 14.4 Å². The van der Waals surface area contributed by atoms with E-state index < -0.39 is 5.97 Å². The van der Waals surface area contributed by atoms with Gasteiger partial charge in [0.1, 0.15) is 0 Å². The van der Waals surface area contributed by atoms with Gasteiger partial charge in [-0.05, 0) is 59.3 Å². The number of benzene rings is 3. The molecule has 2 aliphatic rings. The summed E-state index contributed by atoms with van der Waals surface area (Å²) in [6.45, 7) is 0.647. The second-order valence-corrected chi connectivity index (χ2v) is 10.4. The van der Waals surface area contributed by atoms with Crippen LogP contribution in [0.4, 0.5) is 17.1 Å². The van der Waals surface area contributed by atoms with Gasteiger partial charge in [-0.25, -0.2) is 4.79 Å². The first-order chi connectivity index (χ1) is 19.0. The molecule has 0 unspecified atom stereocenters. The molecule has 6 rings (SSSR count).